The molecule has 0 saturated carbocycles. The Kier molecular flexibility index (Phi) is 8.35. The van der Waals surface area contributed by atoms with Gasteiger partial charge in [0.05, 0.1) is 33.1 Å². The van der Waals surface area contributed by atoms with Crippen LogP contribution in [0.4, 0.5) is 5.69 Å². The molecule has 1 atom stereocenters. The molecular formula is C20H26N4O7. The summed E-state index contributed by atoms with van der Waals surface area (Å²) in [6, 6.07) is 3.97. The monoisotopic (exact) mass is 434 g/mol. The maximum atomic E-state index is 13.1. The molecule has 11 nitrogen and oxygen atoms in total. The molecule has 2 aromatic rings. The number of anilines is 1. The molecule has 0 spiro atoms. The van der Waals surface area contributed by atoms with Crippen LogP contribution < -0.4 is 14.8 Å². The van der Waals surface area contributed by atoms with E-state index in [1.54, 1.807) is 39.0 Å². The van der Waals surface area contributed by atoms with Crippen molar-refractivity contribution >= 4 is 23.5 Å². The Morgan fingerprint density at radius 2 is 1.71 bits per heavy atom. The van der Waals surface area contributed by atoms with Crippen LogP contribution in [0.5, 0.6) is 11.5 Å². The topological polar surface area (TPSA) is 131 Å². The number of nitrogens with zero attached hydrogens (tertiary/aromatic N) is 3. The van der Waals surface area contributed by atoms with E-state index in [1.165, 1.54) is 14.2 Å². The Labute approximate surface area is 179 Å². The molecule has 0 fully saturated rings. The molecule has 1 aromatic carbocycles. The molecule has 1 heterocycles. The average molecular weight is 434 g/mol. The van der Waals surface area contributed by atoms with E-state index in [0.717, 1.165) is 4.68 Å². The van der Waals surface area contributed by atoms with Crippen molar-refractivity contribution in [3.63, 3.8) is 0 Å². The van der Waals surface area contributed by atoms with Gasteiger partial charge in [-0.3, -0.25) is 4.79 Å². The maximum absolute atomic E-state index is 13.1. The van der Waals surface area contributed by atoms with Crippen molar-refractivity contribution in [3.05, 3.63) is 29.6 Å². The predicted octanol–water partition coefficient (Wildman–Crippen LogP) is 2.24. The number of carbonyl (C=O) groups excluding carboxylic acids is 3. The highest BCUT2D eigenvalue weighted by atomic mass is 16.5. The Balaban J connectivity index is 2.44. The van der Waals surface area contributed by atoms with Crippen LogP contribution in [0.1, 0.15) is 54.2 Å². The number of esters is 2. The zero-order valence-corrected chi connectivity index (χ0v) is 18.1. The van der Waals surface area contributed by atoms with Gasteiger partial charge in [-0.05, 0) is 32.4 Å². The van der Waals surface area contributed by atoms with E-state index >= 15 is 0 Å². The van der Waals surface area contributed by atoms with Crippen LogP contribution in [-0.2, 0) is 14.3 Å². The second-order valence-corrected chi connectivity index (χ2v) is 6.15. The highest BCUT2D eigenvalue weighted by Crippen LogP contribution is 2.30. The van der Waals surface area contributed by atoms with Crippen LogP contribution in [0.3, 0.4) is 0 Å². The van der Waals surface area contributed by atoms with Gasteiger partial charge in [-0.2, -0.15) is 0 Å². The maximum Gasteiger partial charge on any atom is 0.361 e. The first-order valence-corrected chi connectivity index (χ1v) is 9.73. The predicted molar refractivity (Wildman–Crippen MR) is 109 cm³/mol. The third-order valence-corrected chi connectivity index (χ3v) is 4.28. The van der Waals surface area contributed by atoms with Crippen LogP contribution >= 0.6 is 0 Å². The van der Waals surface area contributed by atoms with Crippen LogP contribution in [0.15, 0.2) is 18.2 Å². The van der Waals surface area contributed by atoms with Crippen molar-refractivity contribution < 1.29 is 33.3 Å². The highest BCUT2D eigenvalue weighted by molar-refractivity contribution is 6.01. The van der Waals surface area contributed by atoms with E-state index in [2.05, 4.69) is 15.6 Å². The first-order chi connectivity index (χ1) is 14.9. The van der Waals surface area contributed by atoms with E-state index in [1.807, 2.05) is 0 Å². The molecule has 0 unspecified atom stereocenters. The third kappa shape index (κ3) is 5.30. The Morgan fingerprint density at radius 1 is 1.03 bits per heavy atom. The van der Waals surface area contributed by atoms with Gasteiger partial charge in [0, 0.05) is 6.07 Å². The lowest BCUT2D eigenvalue weighted by molar-refractivity contribution is -0.119. The number of hydrogen-bond acceptors (Lipinski definition) is 9. The smallest absolute Gasteiger partial charge is 0.361 e. The molecule has 11 heteroatoms. The number of nitrogens with one attached hydrogen (secondary N) is 1. The normalized spacial score (nSPS) is 11.4. The van der Waals surface area contributed by atoms with E-state index in [-0.39, 0.29) is 31.0 Å². The molecule has 2 rings (SSSR count). The number of rotatable bonds is 10. The van der Waals surface area contributed by atoms with Crippen LogP contribution in [0.25, 0.3) is 0 Å². The lowest BCUT2D eigenvalue weighted by Crippen LogP contribution is -2.30. The molecule has 1 N–H and O–H groups in total. The molecule has 0 aliphatic carbocycles. The van der Waals surface area contributed by atoms with Crippen LogP contribution in [0, 0.1) is 0 Å². The van der Waals surface area contributed by atoms with Crippen molar-refractivity contribution in [1.29, 1.82) is 0 Å². The van der Waals surface area contributed by atoms with Gasteiger partial charge >= 0.3 is 11.9 Å². The zero-order chi connectivity index (χ0) is 23.0. The minimum absolute atomic E-state index is 0.0657. The van der Waals surface area contributed by atoms with Gasteiger partial charge in [0.2, 0.25) is 11.6 Å². The van der Waals surface area contributed by atoms with Crippen molar-refractivity contribution in [2.24, 2.45) is 0 Å². The molecule has 0 radical (unpaired) electrons. The minimum Gasteiger partial charge on any atom is -0.497 e. The summed E-state index contributed by atoms with van der Waals surface area (Å²) < 4.78 is 21.5. The molecule has 31 heavy (non-hydrogen) atoms. The molecule has 0 aliphatic rings. The fraction of sp³-hybridized carbons (Fsp3) is 0.450. The number of benzene rings is 1. The SMILES string of the molecule is CCOC(=O)c1nnn([C@H](CC)C(=O)Nc2cc(OC)ccc2OC)c1C(=O)OCC. The lowest BCUT2D eigenvalue weighted by atomic mass is 10.1. The Hall–Kier alpha value is -3.63. The molecule has 1 aromatic heterocycles. The summed E-state index contributed by atoms with van der Waals surface area (Å²) in [6.45, 7) is 5.12. The summed E-state index contributed by atoms with van der Waals surface area (Å²) in [7, 11) is 2.97. The quantitative estimate of drug-likeness (QED) is 0.559. The largest absolute Gasteiger partial charge is 0.497 e. The second-order valence-electron chi connectivity index (χ2n) is 6.15. The van der Waals surface area contributed by atoms with E-state index in [4.69, 9.17) is 18.9 Å². The van der Waals surface area contributed by atoms with Gasteiger partial charge in [0.15, 0.2) is 5.69 Å². The molecular weight excluding hydrogens is 408 g/mol. The molecule has 168 valence electrons. The van der Waals surface area contributed by atoms with Crippen LogP contribution in [0.2, 0.25) is 0 Å². The van der Waals surface area contributed by atoms with Crippen molar-refractivity contribution in [2.75, 3.05) is 32.8 Å². The minimum atomic E-state index is -0.967. The molecule has 0 aliphatic heterocycles. The number of methoxy groups -OCH3 is 2. The van der Waals surface area contributed by atoms with Gasteiger partial charge in [-0.1, -0.05) is 12.1 Å². The van der Waals surface area contributed by atoms with Gasteiger partial charge in [0.25, 0.3) is 0 Å². The highest BCUT2D eigenvalue weighted by Gasteiger charge is 2.33. The fourth-order valence-corrected chi connectivity index (χ4v) is 2.84. The van der Waals surface area contributed by atoms with E-state index in [0.29, 0.717) is 17.2 Å². The fourth-order valence-electron chi connectivity index (χ4n) is 2.84. The first kappa shape index (κ1) is 23.6. The summed E-state index contributed by atoms with van der Waals surface area (Å²) in [6.07, 6.45) is 0.246. The van der Waals surface area contributed by atoms with E-state index in [9.17, 15) is 14.4 Å². The summed E-state index contributed by atoms with van der Waals surface area (Å²) in [5.74, 6) is -1.23. The summed E-state index contributed by atoms with van der Waals surface area (Å²) >= 11 is 0. The number of aromatic nitrogens is 3. The van der Waals surface area contributed by atoms with Gasteiger partial charge in [0.1, 0.15) is 17.5 Å². The van der Waals surface area contributed by atoms with Gasteiger partial charge < -0.3 is 24.3 Å². The Morgan fingerprint density at radius 3 is 2.29 bits per heavy atom. The number of hydrogen-bond donors (Lipinski definition) is 1. The molecule has 1 amide bonds. The number of carbonyl (C=O) groups is 3. The lowest BCUT2D eigenvalue weighted by Gasteiger charge is -2.18. The first-order valence-electron chi connectivity index (χ1n) is 9.73. The molecule has 0 bridgehead atoms. The third-order valence-electron chi connectivity index (χ3n) is 4.28. The summed E-state index contributed by atoms with van der Waals surface area (Å²) in [5.41, 5.74) is -0.195. The van der Waals surface area contributed by atoms with Gasteiger partial charge in [-0.25, -0.2) is 14.3 Å². The standard InChI is InChI=1S/C20H26N4O7/c1-6-14(18(25)21-13-11-12(28-4)9-10-15(13)29-5)24-17(20(27)31-8-3)16(22-23-24)19(26)30-7-2/h9-11,14H,6-8H2,1-5H3,(H,21,25)/t14-/m1/s1. The Bertz CT molecular complexity index is 942. The molecule has 0 saturated heterocycles. The van der Waals surface area contributed by atoms with Gasteiger partial charge in [-0.15, -0.1) is 5.10 Å². The number of ether oxygens (including phenoxy) is 4. The summed E-state index contributed by atoms with van der Waals surface area (Å²) in [5, 5.41) is 10.4. The van der Waals surface area contributed by atoms with E-state index < -0.39 is 23.9 Å². The average Bonchev–Trinajstić information content (AvgIpc) is 3.19. The van der Waals surface area contributed by atoms with Crippen LogP contribution in [-0.4, -0.2) is 60.3 Å². The summed E-state index contributed by atoms with van der Waals surface area (Å²) in [4.78, 5) is 37.9. The number of amides is 1. The van der Waals surface area contributed by atoms with Crippen molar-refractivity contribution in [2.45, 2.75) is 33.2 Å². The van der Waals surface area contributed by atoms with Crippen molar-refractivity contribution in [3.8, 4) is 11.5 Å². The second kappa shape index (κ2) is 11.0. The van der Waals surface area contributed by atoms with Crippen molar-refractivity contribution in [1.82, 2.24) is 15.0 Å². The zero-order valence-electron chi connectivity index (χ0n) is 18.1.